The van der Waals surface area contributed by atoms with Gasteiger partial charge in [-0.3, -0.25) is 14.5 Å². The lowest BCUT2D eigenvalue weighted by molar-refractivity contribution is 0.0664. The standard InChI is InChI=1S/C20H18N4O2S/c1-14-21-22-20(24(14)13-15-7-3-2-4-8-15)27-12-11-23-18(25)16-9-5-6-10-17(16)19(23)26/h2-10H,11-13H2,1H3. The van der Waals surface area contributed by atoms with E-state index in [0.717, 1.165) is 11.0 Å². The summed E-state index contributed by atoms with van der Waals surface area (Å²) in [6.45, 7) is 2.95. The van der Waals surface area contributed by atoms with E-state index in [0.29, 0.717) is 30.0 Å². The third-order valence-corrected chi connectivity index (χ3v) is 5.46. The number of hydrogen-bond acceptors (Lipinski definition) is 5. The maximum absolute atomic E-state index is 12.4. The fourth-order valence-electron chi connectivity index (χ4n) is 3.09. The lowest BCUT2D eigenvalue weighted by atomic mass is 10.1. The van der Waals surface area contributed by atoms with Crippen LogP contribution < -0.4 is 0 Å². The van der Waals surface area contributed by atoms with Gasteiger partial charge in [-0.15, -0.1) is 10.2 Å². The summed E-state index contributed by atoms with van der Waals surface area (Å²) in [5.74, 6) is 0.955. The summed E-state index contributed by atoms with van der Waals surface area (Å²) < 4.78 is 2.04. The molecule has 2 aromatic carbocycles. The molecule has 27 heavy (non-hydrogen) atoms. The quantitative estimate of drug-likeness (QED) is 0.487. The maximum atomic E-state index is 12.4. The largest absolute Gasteiger partial charge is 0.302 e. The van der Waals surface area contributed by atoms with Crippen LogP contribution in [0.5, 0.6) is 0 Å². The molecule has 136 valence electrons. The number of carbonyl (C=O) groups is 2. The monoisotopic (exact) mass is 378 g/mol. The number of thioether (sulfide) groups is 1. The third-order valence-electron chi connectivity index (χ3n) is 4.51. The summed E-state index contributed by atoms with van der Waals surface area (Å²) in [6, 6.07) is 17.1. The Balaban J connectivity index is 1.42. The van der Waals surface area contributed by atoms with Crippen LogP contribution in [0.2, 0.25) is 0 Å². The molecule has 0 spiro atoms. The average molecular weight is 378 g/mol. The first kappa shape index (κ1) is 17.5. The van der Waals surface area contributed by atoms with Crippen molar-refractivity contribution in [1.29, 1.82) is 0 Å². The third kappa shape index (κ3) is 3.38. The fourth-order valence-corrected chi connectivity index (χ4v) is 3.99. The minimum absolute atomic E-state index is 0.224. The molecular formula is C20H18N4O2S. The topological polar surface area (TPSA) is 68.1 Å². The fraction of sp³-hybridized carbons (Fsp3) is 0.200. The van der Waals surface area contributed by atoms with Crippen molar-refractivity contribution in [3.63, 3.8) is 0 Å². The summed E-state index contributed by atoms with van der Waals surface area (Å²) in [4.78, 5) is 26.2. The Morgan fingerprint density at radius 3 is 2.19 bits per heavy atom. The number of carbonyl (C=O) groups excluding carboxylic acids is 2. The van der Waals surface area contributed by atoms with Crippen molar-refractivity contribution in [2.24, 2.45) is 0 Å². The zero-order valence-electron chi connectivity index (χ0n) is 14.8. The molecule has 0 aliphatic carbocycles. The van der Waals surface area contributed by atoms with Crippen LogP contribution in [0.25, 0.3) is 0 Å². The van der Waals surface area contributed by atoms with E-state index in [9.17, 15) is 9.59 Å². The van der Waals surface area contributed by atoms with Crippen molar-refractivity contribution < 1.29 is 9.59 Å². The van der Waals surface area contributed by atoms with E-state index in [4.69, 9.17) is 0 Å². The van der Waals surface area contributed by atoms with E-state index < -0.39 is 0 Å². The van der Waals surface area contributed by atoms with Gasteiger partial charge in [-0.05, 0) is 24.6 Å². The molecule has 1 aliphatic heterocycles. The minimum atomic E-state index is -0.224. The molecule has 0 radical (unpaired) electrons. The summed E-state index contributed by atoms with van der Waals surface area (Å²) >= 11 is 1.50. The molecule has 0 N–H and O–H groups in total. The highest BCUT2D eigenvalue weighted by molar-refractivity contribution is 7.99. The molecule has 0 unspecified atom stereocenters. The Hall–Kier alpha value is -2.93. The van der Waals surface area contributed by atoms with Crippen molar-refractivity contribution in [3.8, 4) is 0 Å². The van der Waals surface area contributed by atoms with Crippen molar-refractivity contribution in [2.45, 2.75) is 18.6 Å². The minimum Gasteiger partial charge on any atom is -0.302 e. The Kier molecular flexibility index (Phi) is 4.77. The summed E-state index contributed by atoms with van der Waals surface area (Å²) in [7, 11) is 0. The first-order valence-corrected chi connectivity index (χ1v) is 9.65. The highest BCUT2D eigenvalue weighted by Gasteiger charge is 2.34. The highest BCUT2D eigenvalue weighted by atomic mass is 32.2. The van der Waals surface area contributed by atoms with Gasteiger partial charge in [-0.1, -0.05) is 54.2 Å². The summed E-state index contributed by atoms with van der Waals surface area (Å²) in [5, 5.41) is 9.20. The lowest BCUT2D eigenvalue weighted by Gasteiger charge is -2.13. The van der Waals surface area contributed by atoms with Gasteiger partial charge < -0.3 is 4.57 Å². The van der Waals surface area contributed by atoms with Gasteiger partial charge in [0.15, 0.2) is 5.16 Å². The Bertz CT molecular complexity index is 965. The molecule has 1 aromatic heterocycles. The van der Waals surface area contributed by atoms with Gasteiger partial charge in [0.2, 0.25) is 0 Å². The SMILES string of the molecule is Cc1nnc(SCCN2C(=O)c3ccccc3C2=O)n1Cc1ccccc1. The second kappa shape index (κ2) is 7.36. The maximum Gasteiger partial charge on any atom is 0.261 e. The predicted molar refractivity (Wildman–Crippen MR) is 103 cm³/mol. The van der Waals surface area contributed by atoms with Crippen molar-refractivity contribution in [2.75, 3.05) is 12.3 Å². The molecule has 3 aromatic rings. The smallest absolute Gasteiger partial charge is 0.261 e. The van der Waals surface area contributed by atoms with Crippen LogP contribution in [-0.2, 0) is 6.54 Å². The number of benzene rings is 2. The zero-order valence-corrected chi connectivity index (χ0v) is 15.6. The molecule has 2 heterocycles. The Labute approximate surface area is 161 Å². The van der Waals surface area contributed by atoms with Crippen LogP contribution >= 0.6 is 11.8 Å². The summed E-state index contributed by atoms with van der Waals surface area (Å²) in [6.07, 6.45) is 0. The van der Waals surface area contributed by atoms with Gasteiger partial charge in [0.1, 0.15) is 5.82 Å². The van der Waals surface area contributed by atoms with Gasteiger partial charge in [-0.25, -0.2) is 0 Å². The van der Waals surface area contributed by atoms with Crippen molar-refractivity contribution in [1.82, 2.24) is 19.7 Å². The number of rotatable bonds is 6. The van der Waals surface area contributed by atoms with E-state index in [1.807, 2.05) is 29.7 Å². The number of amides is 2. The number of aryl methyl sites for hydroxylation is 1. The molecule has 0 atom stereocenters. The van der Waals surface area contributed by atoms with E-state index in [1.54, 1.807) is 24.3 Å². The number of aromatic nitrogens is 3. The molecule has 7 heteroatoms. The van der Waals surface area contributed by atoms with E-state index in [2.05, 4.69) is 22.3 Å². The number of hydrogen-bond donors (Lipinski definition) is 0. The Morgan fingerprint density at radius 2 is 1.52 bits per heavy atom. The van der Waals surface area contributed by atoms with Crippen LogP contribution in [0.15, 0.2) is 59.8 Å². The highest BCUT2D eigenvalue weighted by Crippen LogP contribution is 2.24. The van der Waals surface area contributed by atoms with Crippen LogP contribution in [-0.4, -0.2) is 43.8 Å². The number of fused-ring (bicyclic) bond motifs is 1. The van der Waals surface area contributed by atoms with Crippen molar-refractivity contribution in [3.05, 3.63) is 77.1 Å². The molecule has 0 bridgehead atoms. The van der Waals surface area contributed by atoms with Gasteiger partial charge in [0, 0.05) is 12.3 Å². The first-order valence-electron chi connectivity index (χ1n) is 8.67. The molecule has 4 rings (SSSR count). The number of imide groups is 1. The molecule has 0 saturated carbocycles. The normalized spacial score (nSPS) is 13.3. The molecular weight excluding hydrogens is 360 g/mol. The van der Waals surface area contributed by atoms with Crippen LogP contribution in [0.4, 0.5) is 0 Å². The second-order valence-electron chi connectivity index (χ2n) is 6.26. The molecule has 6 nitrogen and oxygen atoms in total. The first-order chi connectivity index (χ1) is 13.1. The molecule has 1 aliphatic rings. The average Bonchev–Trinajstić information content (AvgIpc) is 3.16. The van der Waals surface area contributed by atoms with Gasteiger partial charge in [0.25, 0.3) is 11.8 Å². The van der Waals surface area contributed by atoms with Crippen LogP contribution in [0.1, 0.15) is 32.1 Å². The van der Waals surface area contributed by atoms with Crippen molar-refractivity contribution >= 4 is 23.6 Å². The van der Waals surface area contributed by atoms with E-state index in [1.165, 1.54) is 22.2 Å². The molecule has 2 amide bonds. The number of nitrogens with zero attached hydrogens (tertiary/aromatic N) is 4. The van der Waals surface area contributed by atoms with Crippen LogP contribution in [0, 0.1) is 6.92 Å². The predicted octanol–water partition coefficient (Wildman–Crippen LogP) is 3.02. The zero-order chi connectivity index (χ0) is 18.8. The van der Waals surface area contributed by atoms with Crippen LogP contribution in [0.3, 0.4) is 0 Å². The van der Waals surface area contributed by atoms with E-state index >= 15 is 0 Å². The van der Waals surface area contributed by atoms with E-state index in [-0.39, 0.29) is 11.8 Å². The van der Waals surface area contributed by atoms with Gasteiger partial charge in [0.05, 0.1) is 17.7 Å². The van der Waals surface area contributed by atoms with Gasteiger partial charge >= 0.3 is 0 Å². The second-order valence-corrected chi connectivity index (χ2v) is 7.32. The summed E-state index contributed by atoms with van der Waals surface area (Å²) in [5.41, 5.74) is 2.13. The molecule has 0 fully saturated rings. The van der Waals surface area contributed by atoms with Gasteiger partial charge in [-0.2, -0.15) is 0 Å². The Morgan fingerprint density at radius 1 is 0.889 bits per heavy atom. The molecule has 0 saturated heterocycles. The lowest BCUT2D eigenvalue weighted by Crippen LogP contribution is -2.31.